The van der Waals surface area contributed by atoms with E-state index in [1.807, 2.05) is 0 Å². The molecule has 0 bridgehead atoms. The molecule has 2 N–H and O–H groups in total. The van der Waals surface area contributed by atoms with Crippen molar-refractivity contribution in [3.63, 3.8) is 0 Å². The number of esters is 1. The molecule has 0 aliphatic heterocycles. The second-order valence-electron chi connectivity index (χ2n) is 5.42. The van der Waals surface area contributed by atoms with E-state index in [1.165, 1.54) is 25.7 Å². The summed E-state index contributed by atoms with van der Waals surface area (Å²) in [6, 6.07) is 5.45. The molecule has 0 radical (unpaired) electrons. The van der Waals surface area contributed by atoms with E-state index < -0.39 is 12.0 Å². The molecule has 5 nitrogen and oxygen atoms in total. The van der Waals surface area contributed by atoms with Gasteiger partial charge in [-0.25, -0.2) is 4.79 Å². The van der Waals surface area contributed by atoms with Crippen molar-refractivity contribution < 1.29 is 19.4 Å². The number of aromatic hydroxyl groups is 1. The fourth-order valence-electron chi connectivity index (χ4n) is 2.84. The van der Waals surface area contributed by atoms with Crippen LogP contribution in [-0.2, 0) is 9.53 Å². The standard InChI is InChI=1S/C16H21NO4/c1-21-16(20)14(11-6-3-2-4-7-11)17-15(19)12-8-5-9-13(18)10-12/h5,8-11,14,18H,2-4,6-7H2,1H3,(H,17,19)/t14-/m1/s1. The molecule has 1 aliphatic carbocycles. The van der Waals surface area contributed by atoms with E-state index in [9.17, 15) is 14.7 Å². The van der Waals surface area contributed by atoms with Gasteiger partial charge >= 0.3 is 5.97 Å². The molecule has 1 amide bonds. The van der Waals surface area contributed by atoms with Crippen molar-refractivity contribution in [2.45, 2.75) is 38.1 Å². The van der Waals surface area contributed by atoms with Gasteiger partial charge < -0.3 is 15.2 Å². The van der Waals surface area contributed by atoms with Crippen LogP contribution in [0.4, 0.5) is 0 Å². The Morgan fingerprint density at radius 2 is 2.00 bits per heavy atom. The van der Waals surface area contributed by atoms with E-state index in [4.69, 9.17) is 4.74 Å². The van der Waals surface area contributed by atoms with Gasteiger partial charge in [0.05, 0.1) is 7.11 Å². The topological polar surface area (TPSA) is 75.6 Å². The van der Waals surface area contributed by atoms with Crippen LogP contribution < -0.4 is 5.32 Å². The Labute approximate surface area is 124 Å². The van der Waals surface area contributed by atoms with Crippen molar-refractivity contribution in [3.05, 3.63) is 29.8 Å². The number of amides is 1. The lowest BCUT2D eigenvalue weighted by Crippen LogP contribution is -2.47. The molecule has 1 aromatic rings. The van der Waals surface area contributed by atoms with Crippen molar-refractivity contribution >= 4 is 11.9 Å². The normalized spacial score (nSPS) is 17.0. The zero-order valence-electron chi connectivity index (χ0n) is 12.2. The molecule has 0 spiro atoms. The minimum absolute atomic E-state index is 0.0231. The van der Waals surface area contributed by atoms with E-state index in [-0.39, 0.29) is 17.6 Å². The SMILES string of the molecule is COC(=O)[C@H](NC(=O)c1cccc(O)c1)C1CCCCC1. The first kappa shape index (κ1) is 15.4. The number of ether oxygens (including phenoxy) is 1. The highest BCUT2D eigenvalue weighted by Crippen LogP contribution is 2.27. The molecule has 1 aromatic carbocycles. The lowest BCUT2D eigenvalue weighted by atomic mass is 9.83. The average molecular weight is 291 g/mol. The van der Waals surface area contributed by atoms with Crippen LogP contribution in [-0.4, -0.2) is 30.1 Å². The number of phenolic OH excluding ortho intramolecular Hbond substituents is 1. The maximum absolute atomic E-state index is 12.2. The van der Waals surface area contributed by atoms with Gasteiger partial charge in [0.15, 0.2) is 0 Å². The van der Waals surface area contributed by atoms with Crippen LogP contribution in [0.15, 0.2) is 24.3 Å². The predicted molar refractivity (Wildman–Crippen MR) is 78.0 cm³/mol. The Morgan fingerprint density at radius 3 is 2.62 bits per heavy atom. The zero-order valence-corrected chi connectivity index (χ0v) is 12.2. The van der Waals surface area contributed by atoms with Crippen molar-refractivity contribution in [2.24, 2.45) is 5.92 Å². The number of hydrogen-bond acceptors (Lipinski definition) is 4. The highest BCUT2D eigenvalue weighted by Gasteiger charge is 2.31. The number of hydrogen-bond donors (Lipinski definition) is 2. The fraction of sp³-hybridized carbons (Fsp3) is 0.500. The number of nitrogens with one attached hydrogen (secondary N) is 1. The molecule has 114 valence electrons. The summed E-state index contributed by atoms with van der Waals surface area (Å²) in [7, 11) is 1.33. The van der Waals surface area contributed by atoms with Crippen LogP contribution in [0.25, 0.3) is 0 Å². The van der Waals surface area contributed by atoms with Gasteiger partial charge in [0.25, 0.3) is 5.91 Å². The molecular formula is C16H21NO4. The third-order valence-corrected chi connectivity index (χ3v) is 3.97. The minimum Gasteiger partial charge on any atom is -0.508 e. The van der Waals surface area contributed by atoms with Crippen LogP contribution in [0.2, 0.25) is 0 Å². The van der Waals surface area contributed by atoms with Gasteiger partial charge in [-0.15, -0.1) is 0 Å². The Morgan fingerprint density at radius 1 is 1.29 bits per heavy atom. The van der Waals surface area contributed by atoms with Crippen molar-refractivity contribution in [1.82, 2.24) is 5.32 Å². The number of benzene rings is 1. The van der Waals surface area contributed by atoms with Crippen LogP contribution in [0.5, 0.6) is 5.75 Å². The van der Waals surface area contributed by atoms with Crippen molar-refractivity contribution in [3.8, 4) is 5.75 Å². The molecule has 1 atom stereocenters. The molecule has 21 heavy (non-hydrogen) atoms. The second-order valence-corrected chi connectivity index (χ2v) is 5.42. The first-order valence-electron chi connectivity index (χ1n) is 7.29. The van der Waals surface area contributed by atoms with Gasteiger partial charge in [-0.3, -0.25) is 4.79 Å². The van der Waals surface area contributed by atoms with Gasteiger partial charge in [0.2, 0.25) is 0 Å². The Kier molecular flexibility index (Phi) is 5.20. The third-order valence-electron chi connectivity index (χ3n) is 3.97. The molecule has 0 heterocycles. The third kappa shape index (κ3) is 3.97. The summed E-state index contributed by atoms with van der Waals surface area (Å²) in [5.41, 5.74) is 0.333. The van der Waals surface area contributed by atoms with E-state index in [2.05, 4.69) is 5.32 Å². The molecule has 1 aliphatic rings. The Hall–Kier alpha value is -2.04. The molecule has 1 saturated carbocycles. The smallest absolute Gasteiger partial charge is 0.328 e. The number of phenols is 1. The van der Waals surface area contributed by atoms with E-state index in [0.717, 1.165) is 25.7 Å². The summed E-state index contributed by atoms with van der Waals surface area (Å²) >= 11 is 0. The zero-order chi connectivity index (χ0) is 15.2. The first-order valence-corrected chi connectivity index (χ1v) is 7.29. The van der Waals surface area contributed by atoms with E-state index in [1.54, 1.807) is 12.1 Å². The Bertz CT molecular complexity index is 509. The van der Waals surface area contributed by atoms with Crippen molar-refractivity contribution in [2.75, 3.05) is 7.11 Å². The largest absolute Gasteiger partial charge is 0.508 e. The van der Waals surface area contributed by atoms with Gasteiger partial charge in [-0.05, 0) is 37.0 Å². The van der Waals surface area contributed by atoms with E-state index >= 15 is 0 Å². The number of methoxy groups -OCH3 is 1. The number of carbonyl (C=O) groups is 2. The summed E-state index contributed by atoms with van der Waals surface area (Å²) < 4.78 is 4.82. The second kappa shape index (κ2) is 7.11. The molecule has 5 heteroatoms. The van der Waals surface area contributed by atoms with Crippen LogP contribution in [0.3, 0.4) is 0 Å². The Balaban J connectivity index is 2.10. The predicted octanol–water partition coefficient (Wildman–Crippen LogP) is 2.24. The maximum atomic E-state index is 12.2. The van der Waals surface area contributed by atoms with Crippen LogP contribution in [0, 0.1) is 5.92 Å². The number of carbonyl (C=O) groups excluding carboxylic acids is 2. The number of rotatable bonds is 4. The van der Waals surface area contributed by atoms with Gasteiger partial charge in [0, 0.05) is 5.56 Å². The molecule has 0 unspecified atom stereocenters. The molecule has 2 rings (SSSR count). The van der Waals surface area contributed by atoms with Gasteiger partial charge in [-0.1, -0.05) is 25.3 Å². The summed E-state index contributed by atoms with van der Waals surface area (Å²) in [6.07, 6.45) is 5.14. The highest BCUT2D eigenvalue weighted by molar-refractivity contribution is 5.97. The monoisotopic (exact) mass is 291 g/mol. The highest BCUT2D eigenvalue weighted by atomic mass is 16.5. The first-order chi connectivity index (χ1) is 10.1. The lowest BCUT2D eigenvalue weighted by Gasteiger charge is -2.29. The summed E-state index contributed by atoms with van der Waals surface area (Å²) in [5, 5.41) is 12.2. The average Bonchev–Trinajstić information content (AvgIpc) is 2.52. The van der Waals surface area contributed by atoms with E-state index in [0.29, 0.717) is 5.56 Å². The van der Waals surface area contributed by atoms with Gasteiger partial charge in [-0.2, -0.15) is 0 Å². The lowest BCUT2D eigenvalue weighted by molar-refractivity contribution is -0.144. The molecule has 0 saturated heterocycles. The molecule has 1 fully saturated rings. The fourth-order valence-corrected chi connectivity index (χ4v) is 2.84. The summed E-state index contributed by atoms with van der Waals surface area (Å²) in [5.74, 6) is -0.635. The summed E-state index contributed by atoms with van der Waals surface area (Å²) in [6.45, 7) is 0. The van der Waals surface area contributed by atoms with Crippen LogP contribution >= 0.6 is 0 Å². The van der Waals surface area contributed by atoms with Crippen molar-refractivity contribution in [1.29, 1.82) is 0 Å². The molecule has 0 aromatic heterocycles. The van der Waals surface area contributed by atoms with Gasteiger partial charge in [0.1, 0.15) is 11.8 Å². The maximum Gasteiger partial charge on any atom is 0.328 e. The van der Waals surface area contributed by atoms with Crippen LogP contribution in [0.1, 0.15) is 42.5 Å². The quantitative estimate of drug-likeness (QED) is 0.834. The molecular weight excluding hydrogens is 270 g/mol. The minimum atomic E-state index is -0.620. The summed E-state index contributed by atoms with van der Waals surface area (Å²) in [4.78, 5) is 24.2.